The number of rotatable bonds is 11. The van der Waals surface area contributed by atoms with Crippen LogP contribution in [0.4, 0.5) is 0 Å². The van der Waals surface area contributed by atoms with Crippen molar-refractivity contribution >= 4 is 11.8 Å². The van der Waals surface area contributed by atoms with Gasteiger partial charge in [-0.15, -0.1) is 0 Å². The van der Waals surface area contributed by atoms with E-state index in [4.69, 9.17) is 0 Å². The summed E-state index contributed by atoms with van der Waals surface area (Å²) in [6.45, 7) is 8.68. The van der Waals surface area contributed by atoms with Crippen LogP contribution in [0.3, 0.4) is 0 Å². The molecule has 19 heavy (non-hydrogen) atoms. The van der Waals surface area contributed by atoms with E-state index in [9.17, 15) is 0 Å². The van der Waals surface area contributed by atoms with Crippen LogP contribution in [0.2, 0.25) is 0 Å². The molecule has 0 aliphatic carbocycles. The first-order valence-corrected chi connectivity index (χ1v) is 8.65. The van der Waals surface area contributed by atoms with Crippen LogP contribution in [0.15, 0.2) is 6.33 Å². The molecule has 0 aliphatic heterocycles. The number of aryl methyl sites for hydroxylation is 1. The first-order chi connectivity index (χ1) is 9.31. The van der Waals surface area contributed by atoms with Crippen molar-refractivity contribution in [1.29, 1.82) is 0 Å². The van der Waals surface area contributed by atoms with Crippen LogP contribution in [0, 0.1) is 0 Å². The molecule has 0 bridgehead atoms. The number of aromatic nitrogens is 3. The van der Waals surface area contributed by atoms with Gasteiger partial charge in [-0.2, -0.15) is 16.9 Å². The average molecular weight is 284 g/mol. The minimum atomic E-state index is 0.510. The van der Waals surface area contributed by atoms with Crippen molar-refractivity contribution in [1.82, 2.24) is 20.1 Å². The molecule has 0 saturated carbocycles. The Morgan fingerprint density at radius 3 is 2.79 bits per heavy atom. The molecule has 1 heterocycles. The van der Waals surface area contributed by atoms with Gasteiger partial charge in [0.1, 0.15) is 12.2 Å². The first kappa shape index (κ1) is 16.5. The van der Waals surface area contributed by atoms with Crippen LogP contribution in [0.5, 0.6) is 0 Å². The number of hydrogen-bond acceptors (Lipinski definition) is 4. The SMILES string of the molecule is CCCNC(CSCCC)Cc1ncnn1CCC. The van der Waals surface area contributed by atoms with Gasteiger partial charge >= 0.3 is 0 Å². The molecule has 1 unspecified atom stereocenters. The number of nitrogens with zero attached hydrogens (tertiary/aromatic N) is 3. The molecule has 1 aromatic heterocycles. The van der Waals surface area contributed by atoms with Crippen LogP contribution in [0.25, 0.3) is 0 Å². The summed E-state index contributed by atoms with van der Waals surface area (Å²) in [6.07, 6.45) is 6.19. The molecular formula is C14H28N4S. The smallest absolute Gasteiger partial charge is 0.138 e. The van der Waals surface area contributed by atoms with E-state index in [2.05, 4.69) is 36.2 Å². The van der Waals surface area contributed by atoms with Crippen LogP contribution >= 0.6 is 11.8 Å². The predicted octanol–water partition coefficient (Wildman–Crippen LogP) is 2.74. The van der Waals surface area contributed by atoms with Crippen LogP contribution in [-0.4, -0.2) is 38.9 Å². The second-order valence-electron chi connectivity index (χ2n) is 4.83. The van der Waals surface area contributed by atoms with Crippen molar-refractivity contribution in [3.63, 3.8) is 0 Å². The average Bonchev–Trinajstić information content (AvgIpc) is 2.84. The third-order valence-corrected chi connectivity index (χ3v) is 4.25. The summed E-state index contributed by atoms with van der Waals surface area (Å²) in [4.78, 5) is 4.41. The number of nitrogens with one attached hydrogen (secondary N) is 1. The fourth-order valence-corrected chi connectivity index (χ4v) is 2.95. The van der Waals surface area contributed by atoms with Gasteiger partial charge in [0.25, 0.3) is 0 Å². The van der Waals surface area contributed by atoms with E-state index in [0.717, 1.165) is 37.5 Å². The summed E-state index contributed by atoms with van der Waals surface area (Å²) in [5.41, 5.74) is 0. The van der Waals surface area contributed by atoms with E-state index in [1.165, 1.54) is 18.6 Å². The van der Waals surface area contributed by atoms with Crippen LogP contribution in [0.1, 0.15) is 45.9 Å². The minimum Gasteiger partial charge on any atom is -0.313 e. The molecule has 0 amide bonds. The Balaban J connectivity index is 2.51. The zero-order valence-corrected chi connectivity index (χ0v) is 13.4. The normalized spacial score (nSPS) is 12.8. The van der Waals surface area contributed by atoms with Gasteiger partial charge in [-0.3, -0.25) is 4.68 Å². The topological polar surface area (TPSA) is 42.7 Å². The molecule has 0 aliphatic rings. The molecule has 110 valence electrons. The zero-order valence-electron chi connectivity index (χ0n) is 12.6. The van der Waals surface area contributed by atoms with Gasteiger partial charge in [-0.1, -0.05) is 20.8 Å². The van der Waals surface area contributed by atoms with E-state index in [0.29, 0.717) is 6.04 Å². The quantitative estimate of drug-likeness (QED) is 0.635. The highest BCUT2D eigenvalue weighted by Gasteiger charge is 2.13. The molecule has 5 heteroatoms. The lowest BCUT2D eigenvalue weighted by Crippen LogP contribution is -2.35. The Labute approximate surface area is 121 Å². The second kappa shape index (κ2) is 10.3. The second-order valence-corrected chi connectivity index (χ2v) is 5.98. The molecule has 0 saturated heterocycles. The molecule has 4 nitrogen and oxygen atoms in total. The Bertz CT molecular complexity index is 327. The van der Waals surface area contributed by atoms with Gasteiger partial charge < -0.3 is 5.32 Å². The first-order valence-electron chi connectivity index (χ1n) is 7.49. The van der Waals surface area contributed by atoms with E-state index >= 15 is 0 Å². The van der Waals surface area contributed by atoms with Gasteiger partial charge in [0.2, 0.25) is 0 Å². The molecule has 0 fully saturated rings. The summed E-state index contributed by atoms with van der Waals surface area (Å²) in [5.74, 6) is 3.52. The summed E-state index contributed by atoms with van der Waals surface area (Å²) >= 11 is 2.03. The fourth-order valence-electron chi connectivity index (χ4n) is 1.97. The maximum atomic E-state index is 4.41. The molecule has 1 N–H and O–H groups in total. The Hall–Kier alpha value is -0.550. The monoisotopic (exact) mass is 284 g/mol. The fraction of sp³-hybridized carbons (Fsp3) is 0.857. The number of hydrogen-bond donors (Lipinski definition) is 1. The Morgan fingerprint density at radius 2 is 2.11 bits per heavy atom. The van der Waals surface area contributed by atoms with Gasteiger partial charge in [0.15, 0.2) is 0 Å². The zero-order chi connectivity index (χ0) is 13.9. The van der Waals surface area contributed by atoms with Gasteiger partial charge in [0, 0.05) is 24.8 Å². The summed E-state index contributed by atoms with van der Waals surface area (Å²) < 4.78 is 2.05. The Morgan fingerprint density at radius 1 is 1.26 bits per heavy atom. The standard InChI is InChI=1S/C14H28N4S/c1-4-7-15-13(11-19-9-6-3)10-14-16-12-17-18(14)8-5-2/h12-13,15H,4-11H2,1-3H3. The van der Waals surface area contributed by atoms with Crippen molar-refractivity contribution < 1.29 is 0 Å². The molecule has 0 aromatic carbocycles. The predicted molar refractivity (Wildman–Crippen MR) is 83.7 cm³/mol. The van der Waals surface area contributed by atoms with Crippen molar-refractivity contribution in [3.8, 4) is 0 Å². The van der Waals surface area contributed by atoms with Crippen molar-refractivity contribution in [2.24, 2.45) is 0 Å². The van der Waals surface area contributed by atoms with Crippen molar-refractivity contribution in [2.45, 2.75) is 59.0 Å². The van der Waals surface area contributed by atoms with Gasteiger partial charge in [0.05, 0.1) is 0 Å². The molecule has 0 spiro atoms. The highest BCUT2D eigenvalue weighted by Crippen LogP contribution is 2.09. The molecule has 0 radical (unpaired) electrons. The van der Waals surface area contributed by atoms with Crippen molar-refractivity contribution in [2.75, 3.05) is 18.1 Å². The molecular weight excluding hydrogens is 256 g/mol. The maximum absolute atomic E-state index is 4.41. The minimum absolute atomic E-state index is 0.510. The van der Waals surface area contributed by atoms with E-state index in [1.807, 2.05) is 16.4 Å². The third-order valence-electron chi connectivity index (χ3n) is 2.91. The van der Waals surface area contributed by atoms with E-state index < -0.39 is 0 Å². The van der Waals surface area contributed by atoms with Gasteiger partial charge in [-0.05, 0) is 31.6 Å². The number of thioether (sulfide) groups is 1. The third kappa shape index (κ3) is 6.43. The highest BCUT2D eigenvalue weighted by molar-refractivity contribution is 7.99. The molecule has 1 atom stereocenters. The molecule has 1 aromatic rings. The largest absolute Gasteiger partial charge is 0.313 e. The lowest BCUT2D eigenvalue weighted by molar-refractivity contribution is 0.503. The lowest BCUT2D eigenvalue weighted by Gasteiger charge is -2.18. The van der Waals surface area contributed by atoms with Crippen LogP contribution < -0.4 is 5.32 Å². The lowest BCUT2D eigenvalue weighted by atomic mass is 10.2. The maximum Gasteiger partial charge on any atom is 0.138 e. The summed E-state index contributed by atoms with van der Waals surface area (Å²) in [7, 11) is 0. The Kier molecular flexibility index (Phi) is 8.91. The van der Waals surface area contributed by atoms with Gasteiger partial charge in [-0.25, -0.2) is 4.98 Å². The van der Waals surface area contributed by atoms with Crippen molar-refractivity contribution in [3.05, 3.63) is 12.2 Å². The molecule has 1 rings (SSSR count). The summed E-state index contributed by atoms with van der Waals surface area (Å²) in [5, 5.41) is 7.94. The highest BCUT2D eigenvalue weighted by atomic mass is 32.2. The van der Waals surface area contributed by atoms with E-state index in [-0.39, 0.29) is 0 Å². The van der Waals surface area contributed by atoms with Crippen LogP contribution in [-0.2, 0) is 13.0 Å². The van der Waals surface area contributed by atoms with E-state index in [1.54, 1.807) is 6.33 Å². The summed E-state index contributed by atoms with van der Waals surface area (Å²) in [6, 6.07) is 0.510.